The summed E-state index contributed by atoms with van der Waals surface area (Å²) in [5.74, 6) is 0.106. The van der Waals surface area contributed by atoms with Crippen molar-refractivity contribution in [2.45, 2.75) is 18.5 Å². The molecule has 1 aromatic heterocycles. The number of halogens is 2. The standard InChI is InChI=1S/C6H6FIN2/c7-4-1-3(4)6-5(8)2-9-10-6/h2-4H,1H2,(H,9,10). The van der Waals surface area contributed by atoms with Crippen LogP contribution in [0.4, 0.5) is 4.39 Å². The molecule has 0 saturated heterocycles. The summed E-state index contributed by atoms with van der Waals surface area (Å²) in [4.78, 5) is 0. The fourth-order valence-corrected chi connectivity index (χ4v) is 1.66. The van der Waals surface area contributed by atoms with E-state index in [1.165, 1.54) is 0 Å². The van der Waals surface area contributed by atoms with Gasteiger partial charge in [0.25, 0.3) is 0 Å². The van der Waals surface area contributed by atoms with Crippen molar-refractivity contribution in [3.8, 4) is 0 Å². The lowest BCUT2D eigenvalue weighted by atomic mass is 10.3. The molecule has 1 N–H and O–H groups in total. The van der Waals surface area contributed by atoms with Gasteiger partial charge in [-0.1, -0.05) is 0 Å². The van der Waals surface area contributed by atoms with E-state index in [9.17, 15) is 4.39 Å². The zero-order chi connectivity index (χ0) is 7.14. The first kappa shape index (κ1) is 6.57. The normalized spacial score (nSPS) is 30.6. The Morgan fingerprint density at radius 2 is 2.50 bits per heavy atom. The monoisotopic (exact) mass is 252 g/mol. The van der Waals surface area contributed by atoms with Crippen LogP contribution in [0.25, 0.3) is 0 Å². The SMILES string of the molecule is FC1CC1c1[nH]ncc1I. The lowest BCUT2D eigenvalue weighted by Gasteiger charge is -1.89. The first-order valence-corrected chi connectivity index (χ1v) is 4.19. The average molecular weight is 252 g/mol. The molecule has 2 unspecified atom stereocenters. The van der Waals surface area contributed by atoms with Gasteiger partial charge in [0.05, 0.1) is 15.5 Å². The second kappa shape index (κ2) is 2.18. The van der Waals surface area contributed by atoms with Gasteiger partial charge in [-0.15, -0.1) is 0 Å². The number of H-pyrrole nitrogens is 1. The molecule has 0 spiro atoms. The fraction of sp³-hybridized carbons (Fsp3) is 0.500. The molecule has 1 saturated carbocycles. The molecule has 0 bridgehead atoms. The smallest absolute Gasteiger partial charge is 0.109 e. The van der Waals surface area contributed by atoms with E-state index in [1.807, 2.05) is 0 Å². The Morgan fingerprint density at radius 1 is 1.80 bits per heavy atom. The minimum Gasteiger partial charge on any atom is -0.281 e. The number of nitrogens with one attached hydrogen (secondary N) is 1. The average Bonchev–Trinajstić information content (AvgIpc) is 2.42. The van der Waals surface area contributed by atoms with Gasteiger partial charge in [0, 0.05) is 5.92 Å². The second-order valence-electron chi connectivity index (χ2n) is 2.49. The largest absolute Gasteiger partial charge is 0.281 e. The lowest BCUT2D eigenvalue weighted by molar-refractivity contribution is 0.466. The van der Waals surface area contributed by atoms with Crippen LogP contribution in [-0.4, -0.2) is 16.4 Å². The number of aromatic amines is 1. The van der Waals surface area contributed by atoms with Gasteiger partial charge in [0.1, 0.15) is 6.17 Å². The Morgan fingerprint density at radius 3 is 2.90 bits per heavy atom. The van der Waals surface area contributed by atoms with Crippen molar-refractivity contribution in [1.29, 1.82) is 0 Å². The van der Waals surface area contributed by atoms with E-state index < -0.39 is 6.17 Å². The minimum atomic E-state index is -0.631. The number of rotatable bonds is 1. The zero-order valence-corrected chi connectivity index (χ0v) is 7.30. The van der Waals surface area contributed by atoms with E-state index >= 15 is 0 Å². The van der Waals surface area contributed by atoms with Crippen LogP contribution in [0.1, 0.15) is 18.0 Å². The molecule has 10 heavy (non-hydrogen) atoms. The van der Waals surface area contributed by atoms with Crippen molar-refractivity contribution in [2.75, 3.05) is 0 Å². The van der Waals surface area contributed by atoms with Crippen LogP contribution in [-0.2, 0) is 0 Å². The Labute approximate surface area is 71.3 Å². The summed E-state index contributed by atoms with van der Waals surface area (Å²) in [7, 11) is 0. The van der Waals surface area contributed by atoms with Crippen molar-refractivity contribution in [1.82, 2.24) is 10.2 Å². The third kappa shape index (κ3) is 0.941. The predicted molar refractivity (Wildman–Crippen MR) is 43.6 cm³/mol. The van der Waals surface area contributed by atoms with Gasteiger partial charge in [0.2, 0.25) is 0 Å². The summed E-state index contributed by atoms with van der Waals surface area (Å²) < 4.78 is 13.5. The third-order valence-electron chi connectivity index (χ3n) is 1.70. The van der Waals surface area contributed by atoms with Crippen LogP contribution in [0.3, 0.4) is 0 Å². The molecule has 0 radical (unpaired) electrons. The van der Waals surface area contributed by atoms with E-state index in [0.717, 1.165) is 9.26 Å². The molecule has 1 fully saturated rings. The molecular weight excluding hydrogens is 246 g/mol. The summed E-state index contributed by atoms with van der Waals surface area (Å²) in [5.41, 5.74) is 0.966. The number of nitrogens with zero attached hydrogens (tertiary/aromatic N) is 1. The van der Waals surface area contributed by atoms with Crippen LogP contribution in [0.5, 0.6) is 0 Å². The second-order valence-corrected chi connectivity index (χ2v) is 3.65. The molecule has 0 amide bonds. The molecule has 1 aliphatic carbocycles. The van der Waals surface area contributed by atoms with Gasteiger partial charge in [-0.3, -0.25) is 5.10 Å². The summed E-state index contributed by atoms with van der Waals surface area (Å²) in [6, 6.07) is 0. The topological polar surface area (TPSA) is 28.7 Å². The van der Waals surface area contributed by atoms with Crippen molar-refractivity contribution in [3.05, 3.63) is 15.5 Å². The number of hydrogen-bond donors (Lipinski definition) is 1. The third-order valence-corrected chi connectivity index (χ3v) is 2.56. The summed E-state index contributed by atoms with van der Waals surface area (Å²) in [6.07, 6.45) is 1.76. The van der Waals surface area contributed by atoms with Crippen molar-refractivity contribution in [2.24, 2.45) is 0 Å². The summed E-state index contributed by atoms with van der Waals surface area (Å²) in [6.45, 7) is 0. The van der Waals surface area contributed by atoms with Gasteiger partial charge in [-0.05, 0) is 29.0 Å². The number of alkyl halides is 1. The molecule has 1 aromatic rings. The van der Waals surface area contributed by atoms with Crippen LogP contribution in [0.2, 0.25) is 0 Å². The number of aromatic nitrogens is 2. The van der Waals surface area contributed by atoms with Crippen molar-refractivity contribution >= 4 is 22.6 Å². The van der Waals surface area contributed by atoms with Gasteiger partial charge >= 0.3 is 0 Å². The Bertz CT molecular complexity index is 248. The summed E-state index contributed by atoms with van der Waals surface area (Å²) in [5, 5.41) is 6.62. The molecule has 54 valence electrons. The van der Waals surface area contributed by atoms with E-state index in [2.05, 4.69) is 32.8 Å². The maximum atomic E-state index is 12.5. The molecule has 2 rings (SSSR count). The molecule has 1 heterocycles. The lowest BCUT2D eigenvalue weighted by Crippen LogP contribution is -1.85. The van der Waals surface area contributed by atoms with Crippen molar-refractivity contribution < 1.29 is 4.39 Å². The first-order chi connectivity index (χ1) is 4.79. The Hall–Kier alpha value is -0.130. The molecule has 2 nitrogen and oxygen atoms in total. The molecular formula is C6H6FIN2. The quantitative estimate of drug-likeness (QED) is 0.759. The van der Waals surface area contributed by atoms with Gasteiger partial charge in [-0.25, -0.2) is 4.39 Å². The highest BCUT2D eigenvalue weighted by molar-refractivity contribution is 14.1. The van der Waals surface area contributed by atoms with E-state index in [1.54, 1.807) is 6.20 Å². The fourth-order valence-electron chi connectivity index (χ4n) is 1.00. The summed E-state index contributed by atoms with van der Waals surface area (Å²) >= 11 is 2.16. The molecule has 0 aromatic carbocycles. The van der Waals surface area contributed by atoms with Crippen LogP contribution >= 0.6 is 22.6 Å². The molecule has 2 atom stereocenters. The van der Waals surface area contributed by atoms with Crippen LogP contribution in [0.15, 0.2) is 6.20 Å². The maximum Gasteiger partial charge on any atom is 0.109 e. The molecule has 0 aliphatic heterocycles. The van der Waals surface area contributed by atoms with E-state index in [4.69, 9.17) is 0 Å². The number of hydrogen-bond acceptors (Lipinski definition) is 1. The highest BCUT2D eigenvalue weighted by Gasteiger charge is 2.41. The maximum absolute atomic E-state index is 12.5. The minimum absolute atomic E-state index is 0.106. The van der Waals surface area contributed by atoms with Gasteiger partial charge in [-0.2, -0.15) is 5.10 Å². The first-order valence-electron chi connectivity index (χ1n) is 3.12. The van der Waals surface area contributed by atoms with Crippen molar-refractivity contribution in [3.63, 3.8) is 0 Å². The van der Waals surface area contributed by atoms with Gasteiger partial charge in [0.15, 0.2) is 0 Å². The van der Waals surface area contributed by atoms with Crippen LogP contribution < -0.4 is 0 Å². The zero-order valence-electron chi connectivity index (χ0n) is 5.14. The Balaban J connectivity index is 2.26. The highest BCUT2D eigenvalue weighted by Crippen LogP contribution is 2.43. The predicted octanol–water partition coefficient (Wildman–Crippen LogP) is 1.84. The van der Waals surface area contributed by atoms with E-state index in [0.29, 0.717) is 6.42 Å². The van der Waals surface area contributed by atoms with Crippen LogP contribution in [0, 0.1) is 3.57 Å². The van der Waals surface area contributed by atoms with Gasteiger partial charge < -0.3 is 0 Å². The van der Waals surface area contributed by atoms with E-state index in [-0.39, 0.29) is 5.92 Å². The molecule has 1 aliphatic rings. The molecule has 4 heteroatoms. The Kier molecular flexibility index (Phi) is 1.43. The highest BCUT2D eigenvalue weighted by atomic mass is 127.